The normalized spacial score (nSPS) is 14.3. The van der Waals surface area contributed by atoms with Crippen LogP contribution in [0.25, 0.3) is 44.4 Å². The molecule has 0 radical (unpaired) electrons. The van der Waals surface area contributed by atoms with Crippen molar-refractivity contribution in [2.45, 2.75) is 19.5 Å². The van der Waals surface area contributed by atoms with Gasteiger partial charge in [-0.1, -0.05) is 23.4 Å². The number of aromatic nitrogens is 7. The molecule has 166 valence electrons. The second-order valence-electron chi connectivity index (χ2n) is 8.66. The van der Waals surface area contributed by atoms with E-state index < -0.39 is 0 Å². The SMILES string of the molecule is ON1CCc2[nH]c3ccc(-c4cnc5nnn(Cc6ccc7ncccc7c6)c5n4)cc3c2C1. The summed E-state index contributed by atoms with van der Waals surface area (Å²) in [5, 5.41) is 22.1. The third kappa shape index (κ3) is 3.13. The Morgan fingerprint density at radius 2 is 2.03 bits per heavy atom. The third-order valence-electron chi connectivity index (χ3n) is 6.48. The van der Waals surface area contributed by atoms with Crippen molar-refractivity contribution < 1.29 is 5.21 Å². The van der Waals surface area contributed by atoms with E-state index in [1.165, 1.54) is 10.8 Å². The van der Waals surface area contributed by atoms with E-state index in [2.05, 4.69) is 49.5 Å². The molecule has 4 aromatic heterocycles. The number of nitrogens with zero attached hydrogens (tertiary/aromatic N) is 7. The van der Waals surface area contributed by atoms with Crippen molar-refractivity contribution in [2.24, 2.45) is 0 Å². The van der Waals surface area contributed by atoms with Crippen molar-refractivity contribution in [3.8, 4) is 11.3 Å². The number of rotatable bonds is 3. The number of hydrogen-bond acceptors (Lipinski definition) is 7. The molecule has 0 unspecified atom stereocenters. The molecule has 0 bridgehead atoms. The molecule has 1 aliphatic heterocycles. The zero-order valence-corrected chi connectivity index (χ0v) is 18.2. The molecule has 34 heavy (non-hydrogen) atoms. The Hall–Kier alpha value is -4.21. The summed E-state index contributed by atoms with van der Waals surface area (Å²) < 4.78 is 1.78. The maximum Gasteiger partial charge on any atom is 0.221 e. The lowest BCUT2D eigenvalue weighted by atomic mass is 10.0. The van der Waals surface area contributed by atoms with Gasteiger partial charge in [-0.2, -0.15) is 5.06 Å². The Morgan fingerprint density at radius 3 is 3.00 bits per heavy atom. The average molecular weight is 448 g/mol. The van der Waals surface area contributed by atoms with Gasteiger partial charge in [0.05, 0.1) is 30.5 Å². The van der Waals surface area contributed by atoms with Gasteiger partial charge in [0.15, 0.2) is 5.65 Å². The summed E-state index contributed by atoms with van der Waals surface area (Å²) in [7, 11) is 0. The maximum absolute atomic E-state index is 10.0. The zero-order valence-electron chi connectivity index (χ0n) is 18.2. The van der Waals surface area contributed by atoms with Gasteiger partial charge < -0.3 is 10.2 Å². The first-order chi connectivity index (χ1) is 16.7. The maximum atomic E-state index is 10.0. The van der Waals surface area contributed by atoms with Crippen molar-refractivity contribution >= 4 is 33.1 Å². The number of hydroxylamine groups is 2. The predicted molar refractivity (Wildman–Crippen MR) is 127 cm³/mol. The number of H-pyrrole nitrogens is 1. The van der Waals surface area contributed by atoms with Crippen LogP contribution in [0.15, 0.2) is 60.9 Å². The van der Waals surface area contributed by atoms with E-state index in [0.717, 1.165) is 50.6 Å². The van der Waals surface area contributed by atoms with E-state index >= 15 is 0 Å². The van der Waals surface area contributed by atoms with Gasteiger partial charge in [0.25, 0.3) is 0 Å². The molecule has 2 N–H and O–H groups in total. The average Bonchev–Trinajstić information content (AvgIpc) is 3.44. The summed E-state index contributed by atoms with van der Waals surface area (Å²) in [4.78, 5) is 17.3. The number of nitrogens with one attached hydrogen (secondary N) is 1. The van der Waals surface area contributed by atoms with Gasteiger partial charge in [-0.25, -0.2) is 14.6 Å². The highest BCUT2D eigenvalue weighted by Gasteiger charge is 2.20. The lowest BCUT2D eigenvalue weighted by Crippen LogP contribution is -2.26. The second kappa shape index (κ2) is 7.41. The minimum atomic E-state index is 0.515. The summed E-state index contributed by atoms with van der Waals surface area (Å²) in [5.74, 6) is 0. The molecule has 2 aromatic carbocycles. The standard InChI is InChI=1S/C25H20N8O/c34-32-9-7-22-19(14-32)18-11-17(4-6-21(18)28-22)23-12-27-24-25(29-23)33(31-30-24)13-15-3-5-20-16(10-15)2-1-8-26-20/h1-6,8,10-12,28,34H,7,9,13-14H2. The highest BCUT2D eigenvalue weighted by molar-refractivity contribution is 5.89. The van der Waals surface area contributed by atoms with Crippen LogP contribution in [0.1, 0.15) is 16.8 Å². The predicted octanol–water partition coefficient (Wildman–Crippen LogP) is 3.71. The van der Waals surface area contributed by atoms with E-state index in [1.807, 2.05) is 24.3 Å². The molecule has 5 heterocycles. The van der Waals surface area contributed by atoms with Crippen LogP contribution in [0.2, 0.25) is 0 Å². The van der Waals surface area contributed by atoms with E-state index in [0.29, 0.717) is 30.9 Å². The Labute approximate surface area is 193 Å². The van der Waals surface area contributed by atoms with Crippen molar-refractivity contribution in [1.29, 1.82) is 0 Å². The van der Waals surface area contributed by atoms with Crippen LogP contribution in [-0.4, -0.2) is 51.7 Å². The fraction of sp³-hybridized carbons (Fsp3) is 0.160. The molecule has 0 saturated carbocycles. The number of benzene rings is 2. The minimum Gasteiger partial charge on any atom is -0.358 e. The van der Waals surface area contributed by atoms with Gasteiger partial charge in [-0.15, -0.1) is 5.10 Å². The second-order valence-corrected chi connectivity index (χ2v) is 8.66. The van der Waals surface area contributed by atoms with Crippen molar-refractivity contribution in [3.63, 3.8) is 0 Å². The molecule has 0 amide bonds. The molecular formula is C25H20N8O. The molecule has 0 saturated heterocycles. The van der Waals surface area contributed by atoms with Crippen LogP contribution in [0, 0.1) is 0 Å². The van der Waals surface area contributed by atoms with Gasteiger partial charge in [-0.3, -0.25) is 4.98 Å². The van der Waals surface area contributed by atoms with Crippen LogP contribution < -0.4 is 0 Å². The van der Waals surface area contributed by atoms with Gasteiger partial charge in [0, 0.05) is 46.7 Å². The number of fused-ring (bicyclic) bond motifs is 5. The van der Waals surface area contributed by atoms with Gasteiger partial charge in [0.2, 0.25) is 5.65 Å². The molecule has 6 aromatic rings. The largest absolute Gasteiger partial charge is 0.358 e. The summed E-state index contributed by atoms with van der Waals surface area (Å²) in [6.45, 7) is 1.69. The number of pyridine rings is 1. The van der Waals surface area contributed by atoms with Crippen LogP contribution in [0.4, 0.5) is 0 Å². The lowest BCUT2D eigenvalue weighted by Gasteiger charge is -2.20. The summed E-state index contributed by atoms with van der Waals surface area (Å²) in [6, 6.07) is 16.4. The van der Waals surface area contributed by atoms with Crippen molar-refractivity contribution in [2.75, 3.05) is 6.54 Å². The molecule has 0 fully saturated rings. The molecule has 9 nitrogen and oxygen atoms in total. The monoisotopic (exact) mass is 448 g/mol. The van der Waals surface area contributed by atoms with Crippen LogP contribution in [0.5, 0.6) is 0 Å². The quantitative estimate of drug-likeness (QED) is 0.425. The molecule has 1 aliphatic rings. The Morgan fingerprint density at radius 1 is 1.06 bits per heavy atom. The topological polar surface area (TPSA) is 109 Å². The highest BCUT2D eigenvalue weighted by Crippen LogP contribution is 2.31. The number of hydrogen-bond donors (Lipinski definition) is 2. The molecule has 0 spiro atoms. The van der Waals surface area contributed by atoms with Crippen LogP contribution in [-0.2, 0) is 19.5 Å². The van der Waals surface area contributed by atoms with Crippen molar-refractivity contribution in [3.05, 3.63) is 77.7 Å². The first kappa shape index (κ1) is 19.3. The van der Waals surface area contributed by atoms with Crippen LogP contribution in [0.3, 0.4) is 0 Å². The van der Waals surface area contributed by atoms with Gasteiger partial charge in [0.1, 0.15) is 0 Å². The lowest BCUT2D eigenvalue weighted by molar-refractivity contribution is -0.103. The van der Waals surface area contributed by atoms with Crippen molar-refractivity contribution in [1.82, 2.24) is 40.0 Å². The Balaban J connectivity index is 1.28. The molecule has 9 heteroatoms. The fourth-order valence-electron chi connectivity index (χ4n) is 4.76. The Bertz CT molecular complexity index is 1700. The highest BCUT2D eigenvalue weighted by atomic mass is 16.5. The van der Waals surface area contributed by atoms with E-state index in [-0.39, 0.29) is 0 Å². The third-order valence-corrected chi connectivity index (χ3v) is 6.48. The molecule has 7 rings (SSSR count). The van der Waals surface area contributed by atoms with Crippen LogP contribution >= 0.6 is 0 Å². The molecule has 0 atom stereocenters. The summed E-state index contributed by atoms with van der Waals surface area (Å²) >= 11 is 0. The first-order valence-corrected chi connectivity index (χ1v) is 11.2. The number of aromatic amines is 1. The molecular weight excluding hydrogens is 428 g/mol. The summed E-state index contributed by atoms with van der Waals surface area (Å²) in [5.41, 5.74) is 8.32. The fourth-order valence-corrected chi connectivity index (χ4v) is 4.76. The van der Waals surface area contributed by atoms with Gasteiger partial charge in [-0.05, 0) is 41.5 Å². The van der Waals surface area contributed by atoms with Gasteiger partial charge >= 0.3 is 0 Å². The smallest absolute Gasteiger partial charge is 0.221 e. The zero-order chi connectivity index (χ0) is 22.6. The molecule has 0 aliphatic carbocycles. The Kier molecular flexibility index (Phi) is 4.20. The summed E-state index contributed by atoms with van der Waals surface area (Å²) in [6.07, 6.45) is 4.34. The first-order valence-electron chi connectivity index (χ1n) is 11.2. The van der Waals surface area contributed by atoms with E-state index in [1.54, 1.807) is 17.1 Å². The van der Waals surface area contributed by atoms with E-state index in [9.17, 15) is 5.21 Å². The minimum absolute atomic E-state index is 0.515. The van der Waals surface area contributed by atoms with E-state index in [4.69, 9.17) is 4.98 Å².